The molecule has 94 valence electrons. The van der Waals surface area contributed by atoms with Crippen molar-refractivity contribution < 1.29 is 9.85 Å². The van der Waals surface area contributed by atoms with E-state index in [1.807, 2.05) is 0 Å². The highest BCUT2D eigenvalue weighted by molar-refractivity contribution is 5.60. The Morgan fingerprint density at radius 2 is 1.39 bits per heavy atom. The average Bonchev–Trinajstić information content (AvgIpc) is 2.59. The number of rotatable bonds is 2. The molecule has 0 radical (unpaired) electrons. The van der Waals surface area contributed by atoms with Crippen LogP contribution in [0.25, 0.3) is 0 Å². The van der Waals surface area contributed by atoms with E-state index >= 15 is 0 Å². The highest BCUT2D eigenvalue weighted by Crippen LogP contribution is 2.52. The Bertz CT molecular complexity index is 508. The first-order valence-corrected chi connectivity index (χ1v) is 6.04. The predicted molar refractivity (Wildman–Crippen MR) is 63.7 cm³/mol. The summed E-state index contributed by atoms with van der Waals surface area (Å²) < 4.78 is 0. The van der Waals surface area contributed by atoms with Crippen LogP contribution in [-0.2, 0) is 0 Å². The second-order valence-corrected chi connectivity index (χ2v) is 5.04. The van der Waals surface area contributed by atoms with Gasteiger partial charge in [0, 0.05) is 12.1 Å². The Kier molecular flexibility index (Phi) is 2.33. The van der Waals surface area contributed by atoms with Crippen molar-refractivity contribution >= 4 is 11.4 Å². The first kappa shape index (κ1) is 11.1. The number of nitro benzene ring substituents is 2. The van der Waals surface area contributed by atoms with Gasteiger partial charge in [0.1, 0.15) is 0 Å². The maximum absolute atomic E-state index is 10.9. The molecule has 0 spiro atoms. The molecule has 0 N–H and O–H groups in total. The average molecular weight is 248 g/mol. The second kappa shape index (κ2) is 3.76. The zero-order valence-electron chi connectivity index (χ0n) is 9.67. The Labute approximate surface area is 103 Å². The Morgan fingerprint density at radius 1 is 0.944 bits per heavy atom. The lowest BCUT2D eigenvalue weighted by Crippen LogP contribution is -2.01. The van der Waals surface area contributed by atoms with Gasteiger partial charge in [-0.1, -0.05) is 6.42 Å². The molecule has 1 fully saturated rings. The van der Waals surface area contributed by atoms with E-state index in [1.165, 1.54) is 12.1 Å². The Hall–Kier alpha value is -1.98. The van der Waals surface area contributed by atoms with Crippen LogP contribution in [0.2, 0.25) is 0 Å². The maximum Gasteiger partial charge on any atom is 0.346 e. The summed E-state index contributed by atoms with van der Waals surface area (Å²) >= 11 is 0. The lowest BCUT2D eigenvalue weighted by Gasteiger charge is -2.17. The van der Waals surface area contributed by atoms with Gasteiger partial charge in [-0.2, -0.15) is 0 Å². The standard InChI is InChI=1S/C12H12N2O4/c15-13(16)11-5-9-7-2-1-3-8(4-7)10(9)6-12(11)14(17)18/h5-8H,1-4H2. The van der Waals surface area contributed by atoms with Crippen molar-refractivity contribution in [2.75, 3.05) is 0 Å². The molecule has 1 saturated carbocycles. The summed E-state index contributed by atoms with van der Waals surface area (Å²) in [5.74, 6) is 0.719. The maximum atomic E-state index is 10.9. The monoisotopic (exact) mass is 248 g/mol. The largest absolute Gasteiger partial charge is 0.346 e. The molecule has 0 amide bonds. The quantitative estimate of drug-likeness (QED) is 0.593. The van der Waals surface area contributed by atoms with Crippen LogP contribution < -0.4 is 0 Å². The van der Waals surface area contributed by atoms with Gasteiger partial charge >= 0.3 is 11.4 Å². The molecule has 2 bridgehead atoms. The summed E-state index contributed by atoms with van der Waals surface area (Å²) in [5.41, 5.74) is 1.20. The normalized spacial score (nSPS) is 24.7. The fourth-order valence-corrected chi connectivity index (χ4v) is 3.36. The third-order valence-electron chi connectivity index (χ3n) is 4.13. The zero-order chi connectivity index (χ0) is 12.9. The molecule has 3 rings (SSSR count). The van der Waals surface area contributed by atoms with E-state index in [-0.39, 0.29) is 11.4 Å². The molecule has 2 atom stereocenters. The van der Waals surface area contributed by atoms with Crippen LogP contribution in [0.1, 0.15) is 48.6 Å². The molecule has 2 aliphatic rings. The van der Waals surface area contributed by atoms with E-state index < -0.39 is 9.85 Å². The SMILES string of the molecule is O=[N+]([O-])c1cc2c(cc1[N+](=O)[O-])C1CCCC2C1. The van der Waals surface area contributed by atoms with Gasteiger partial charge in [-0.05, 0) is 42.2 Å². The summed E-state index contributed by atoms with van der Waals surface area (Å²) in [6.45, 7) is 0. The van der Waals surface area contributed by atoms with Crippen molar-refractivity contribution in [2.45, 2.75) is 37.5 Å². The van der Waals surface area contributed by atoms with Crippen LogP contribution in [0.15, 0.2) is 12.1 Å². The van der Waals surface area contributed by atoms with Crippen LogP contribution in [0.4, 0.5) is 11.4 Å². The molecule has 6 heteroatoms. The summed E-state index contributed by atoms with van der Waals surface area (Å²) in [6.07, 6.45) is 4.18. The van der Waals surface area contributed by atoms with Crippen molar-refractivity contribution in [1.82, 2.24) is 0 Å². The molecular formula is C12H12N2O4. The lowest BCUT2D eigenvalue weighted by molar-refractivity contribution is -0.422. The predicted octanol–water partition coefficient (Wildman–Crippen LogP) is 3.26. The van der Waals surface area contributed by atoms with Crippen molar-refractivity contribution in [3.8, 4) is 0 Å². The second-order valence-electron chi connectivity index (χ2n) is 5.04. The van der Waals surface area contributed by atoms with Gasteiger partial charge in [0.25, 0.3) is 0 Å². The molecule has 0 heterocycles. The summed E-state index contributed by atoms with van der Waals surface area (Å²) in [5, 5.41) is 21.8. The van der Waals surface area contributed by atoms with Gasteiger partial charge in [0.2, 0.25) is 0 Å². The molecule has 18 heavy (non-hydrogen) atoms. The van der Waals surface area contributed by atoms with Gasteiger partial charge in [-0.3, -0.25) is 20.2 Å². The van der Waals surface area contributed by atoms with Crippen LogP contribution in [0, 0.1) is 20.2 Å². The van der Waals surface area contributed by atoms with Crippen LogP contribution in [0.5, 0.6) is 0 Å². The number of benzene rings is 1. The molecule has 6 nitrogen and oxygen atoms in total. The van der Waals surface area contributed by atoms with Crippen molar-refractivity contribution in [3.05, 3.63) is 43.5 Å². The van der Waals surface area contributed by atoms with E-state index in [1.54, 1.807) is 0 Å². The lowest BCUT2D eigenvalue weighted by atomic mass is 9.87. The number of hydrogen-bond acceptors (Lipinski definition) is 4. The van der Waals surface area contributed by atoms with Crippen molar-refractivity contribution in [2.24, 2.45) is 0 Å². The van der Waals surface area contributed by atoms with E-state index in [9.17, 15) is 20.2 Å². The number of hydrogen-bond donors (Lipinski definition) is 0. The summed E-state index contributed by atoms with van der Waals surface area (Å²) in [6, 6.07) is 2.87. The third-order valence-corrected chi connectivity index (χ3v) is 4.13. The summed E-state index contributed by atoms with van der Waals surface area (Å²) in [7, 11) is 0. The van der Waals surface area contributed by atoms with E-state index in [4.69, 9.17) is 0 Å². The van der Waals surface area contributed by atoms with Gasteiger partial charge in [-0.25, -0.2) is 0 Å². The van der Waals surface area contributed by atoms with Crippen LogP contribution in [-0.4, -0.2) is 9.85 Å². The number of nitrogens with zero attached hydrogens (tertiary/aromatic N) is 2. The molecule has 2 aliphatic carbocycles. The van der Waals surface area contributed by atoms with Crippen LogP contribution >= 0.6 is 0 Å². The van der Waals surface area contributed by atoms with Crippen LogP contribution in [0.3, 0.4) is 0 Å². The van der Waals surface area contributed by atoms with Crippen molar-refractivity contribution in [1.29, 1.82) is 0 Å². The van der Waals surface area contributed by atoms with Gasteiger partial charge in [-0.15, -0.1) is 0 Å². The first-order valence-electron chi connectivity index (χ1n) is 6.04. The molecule has 0 saturated heterocycles. The van der Waals surface area contributed by atoms with Gasteiger partial charge in [0.15, 0.2) is 0 Å². The van der Waals surface area contributed by atoms with Gasteiger partial charge in [0.05, 0.1) is 9.85 Å². The zero-order valence-corrected chi connectivity index (χ0v) is 9.67. The minimum absolute atomic E-state index is 0.359. The molecular weight excluding hydrogens is 236 g/mol. The number of nitro groups is 2. The third kappa shape index (κ3) is 1.48. The molecule has 1 aromatic rings. The number of fused-ring (bicyclic) bond motifs is 5. The molecule has 0 aliphatic heterocycles. The molecule has 2 unspecified atom stereocenters. The topological polar surface area (TPSA) is 86.3 Å². The minimum atomic E-state index is -0.652. The first-order chi connectivity index (χ1) is 8.58. The van der Waals surface area contributed by atoms with E-state index in [2.05, 4.69) is 0 Å². The molecule has 0 aromatic heterocycles. The van der Waals surface area contributed by atoms with E-state index in [0.717, 1.165) is 36.8 Å². The smallest absolute Gasteiger partial charge is 0.258 e. The highest BCUT2D eigenvalue weighted by Gasteiger charge is 2.38. The van der Waals surface area contributed by atoms with Crippen molar-refractivity contribution in [3.63, 3.8) is 0 Å². The fourth-order valence-electron chi connectivity index (χ4n) is 3.36. The Morgan fingerprint density at radius 3 is 1.78 bits per heavy atom. The summed E-state index contributed by atoms with van der Waals surface area (Å²) in [4.78, 5) is 20.5. The van der Waals surface area contributed by atoms with Gasteiger partial charge < -0.3 is 0 Å². The Balaban J connectivity index is 2.20. The highest BCUT2D eigenvalue weighted by atomic mass is 16.6. The van der Waals surface area contributed by atoms with E-state index in [0.29, 0.717) is 11.8 Å². The minimum Gasteiger partial charge on any atom is -0.258 e. The fraction of sp³-hybridized carbons (Fsp3) is 0.500. The molecule has 1 aromatic carbocycles.